The molecule has 4 heteroatoms. The zero-order chi connectivity index (χ0) is 17.1. The number of fused-ring (bicyclic) bond motifs is 1. The SMILES string of the molecule is Clc1ccccc1-c1nc(OCc2ccccc2)c2ccccc2n1. The summed E-state index contributed by atoms with van der Waals surface area (Å²) in [6, 6.07) is 25.4. The maximum Gasteiger partial charge on any atom is 0.225 e. The molecule has 3 aromatic carbocycles. The van der Waals surface area contributed by atoms with Crippen molar-refractivity contribution in [2.45, 2.75) is 6.61 Å². The van der Waals surface area contributed by atoms with Crippen LogP contribution in [0.15, 0.2) is 78.9 Å². The van der Waals surface area contributed by atoms with Crippen LogP contribution in [-0.4, -0.2) is 9.97 Å². The summed E-state index contributed by atoms with van der Waals surface area (Å²) in [4.78, 5) is 9.28. The van der Waals surface area contributed by atoms with Crippen LogP contribution in [0.4, 0.5) is 0 Å². The summed E-state index contributed by atoms with van der Waals surface area (Å²) in [5.74, 6) is 1.12. The zero-order valence-corrected chi connectivity index (χ0v) is 14.1. The van der Waals surface area contributed by atoms with Gasteiger partial charge in [0.05, 0.1) is 15.9 Å². The fourth-order valence-electron chi connectivity index (χ4n) is 2.65. The van der Waals surface area contributed by atoms with E-state index < -0.39 is 0 Å². The van der Waals surface area contributed by atoms with Gasteiger partial charge in [0, 0.05) is 5.56 Å². The Kier molecular flexibility index (Phi) is 4.32. The van der Waals surface area contributed by atoms with Crippen LogP contribution < -0.4 is 4.74 Å². The average molecular weight is 347 g/mol. The van der Waals surface area contributed by atoms with Crippen molar-refractivity contribution in [1.82, 2.24) is 9.97 Å². The number of rotatable bonds is 4. The van der Waals surface area contributed by atoms with Crippen molar-refractivity contribution in [2.24, 2.45) is 0 Å². The van der Waals surface area contributed by atoms with E-state index >= 15 is 0 Å². The smallest absolute Gasteiger partial charge is 0.225 e. The standard InChI is InChI=1S/C21H15ClN2O/c22-18-12-6-4-10-16(18)20-23-19-13-7-5-11-17(19)21(24-20)25-14-15-8-2-1-3-9-15/h1-13H,14H2. The van der Waals surface area contributed by atoms with Crippen LogP contribution in [0.3, 0.4) is 0 Å². The van der Waals surface area contributed by atoms with E-state index in [2.05, 4.69) is 9.97 Å². The molecule has 0 aliphatic rings. The minimum atomic E-state index is 0.448. The second-order valence-electron chi connectivity index (χ2n) is 5.62. The van der Waals surface area contributed by atoms with Crippen LogP contribution in [0, 0.1) is 0 Å². The van der Waals surface area contributed by atoms with Crippen molar-refractivity contribution >= 4 is 22.5 Å². The maximum atomic E-state index is 6.31. The molecular weight excluding hydrogens is 332 g/mol. The molecular formula is C21H15ClN2O. The highest BCUT2D eigenvalue weighted by molar-refractivity contribution is 6.33. The molecule has 0 radical (unpaired) electrons. The third-order valence-electron chi connectivity index (χ3n) is 3.90. The lowest BCUT2D eigenvalue weighted by molar-refractivity contribution is 0.298. The highest BCUT2D eigenvalue weighted by atomic mass is 35.5. The fourth-order valence-corrected chi connectivity index (χ4v) is 2.87. The van der Waals surface area contributed by atoms with E-state index in [1.54, 1.807) is 0 Å². The van der Waals surface area contributed by atoms with Crippen molar-refractivity contribution in [3.05, 3.63) is 89.4 Å². The van der Waals surface area contributed by atoms with Crippen LogP contribution in [0.25, 0.3) is 22.3 Å². The Hall–Kier alpha value is -2.91. The summed E-state index contributed by atoms with van der Waals surface area (Å²) in [6.07, 6.45) is 0. The van der Waals surface area contributed by atoms with Gasteiger partial charge in [-0.2, -0.15) is 4.98 Å². The molecule has 0 saturated carbocycles. The summed E-state index contributed by atoms with van der Waals surface area (Å²) in [6.45, 7) is 0.448. The molecule has 0 amide bonds. The summed E-state index contributed by atoms with van der Waals surface area (Å²) in [5.41, 5.74) is 2.71. The molecule has 0 bridgehead atoms. The van der Waals surface area contributed by atoms with Gasteiger partial charge in [0.2, 0.25) is 5.88 Å². The first kappa shape index (κ1) is 15.6. The Morgan fingerprint density at radius 1 is 0.760 bits per heavy atom. The number of para-hydroxylation sites is 1. The predicted molar refractivity (Wildman–Crippen MR) is 101 cm³/mol. The number of halogens is 1. The molecule has 0 atom stereocenters. The topological polar surface area (TPSA) is 35.0 Å². The number of nitrogens with zero attached hydrogens (tertiary/aromatic N) is 2. The highest BCUT2D eigenvalue weighted by Crippen LogP contribution is 2.30. The lowest BCUT2D eigenvalue weighted by Gasteiger charge is -2.11. The van der Waals surface area contributed by atoms with Gasteiger partial charge < -0.3 is 4.74 Å². The van der Waals surface area contributed by atoms with Crippen molar-refractivity contribution in [3.63, 3.8) is 0 Å². The fraction of sp³-hybridized carbons (Fsp3) is 0.0476. The molecule has 0 saturated heterocycles. The molecule has 1 aromatic heterocycles. The Bertz CT molecular complexity index is 1020. The third-order valence-corrected chi connectivity index (χ3v) is 4.23. The second-order valence-corrected chi connectivity index (χ2v) is 6.03. The van der Waals surface area contributed by atoms with Crippen LogP contribution in [0.5, 0.6) is 5.88 Å². The molecule has 25 heavy (non-hydrogen) atoms. The monoisotopic (exact) mass is 346 g/mol. The molecule has 4 rings (SSSR count). The molecule has 4 aromatic rings. The lowest BCUT2D eigenvalue weighted by Crippen LogP contribution is -2.01. The van der Waals surface area contributed by atoms with Crippen molar-refractivity contribution in [1.29, 1.82) is 0 Å². The first-order valence-electron chi connectivity index (χ1n) is 8.00. The van der Waals surface area contributed by atoms with Crippen LogP contribution in [-0.2, 0) is 6.61 Å². The Labute approximate surface area is 150 Å². The third kappa shape index (κ3) is 3.32. The highest BCUT2D eigenvalue weighted by Gasteiger charge is 2.12. The maximum absolute atomic E-state index is 6.31. The van der Waals surface area contributed by atoms with E-state index in [1.165, 1.54) is 0 Å². The molecule has 0 fully saturated rings. The van der Waals surface area contributed by atoms with E-state index in [1.807, 2.05) is 78.9 Å². The molecule has 0 spiro atoms. The quantitative estimate of drug-likeness (QED) is 0.487. The summed E-state index contributed by atoms with van der Waals surface area (Å²) in [5, 5.41) is 1.50. The Morgan fingerprint density at radius 3 is 2.32 bits per heavy atom. The van der Waals surface area contributed by atoms with Crippen LogP contribution in [0.1, 0.15) is 5.56 Å². The predicted octanol–water partition coefficient (Wildman–Crippen LogP) is 5.53. The van der Waals surface area contributed by atoms with Gasteiger partial charge in [-0.3, -0.25) is 0 Å². The summed E-state index contributed by atoms with van der Waals surface area (Å²) >= 11 is 6.31. The molecule has 0 aliphatic carbocycles. The molecule has 3 nitrogen and oxygen atoms in total. The zero-order valence-electron chi connectivity index (χ0n) is 13.4. The molecule has 0 N–H and O–H groups in total. The van der Waals surface area contributed by atoms with Crippen molar-refractivity contribution in [3.8, 4) is 17.3 Å². The minimum absolute atomic E-state index is 0.448. The van der Waals surface area contributed by atoms with Crippen molar-refractivity contribution < 1.29 is 4.74 Å². The van der Waals surface area contributed by atoms with E-state index in [0.717, 1.165) is 22.0 Å². The summed E-state index contributed by atoms with van der Waals surface area (Å²) in [7, 11) is 0. The first-order chi connectivity index (χ1) is 12.3. The van der Waals surface area contributed by atoms with Crippen LogP contribution in [0.2, 0.25) is 5.02 Å². The summed E-state index contributed by atoms with van der Waals surface area (Å²) < 4.78 is 6.01. The van der Waals surface area contributed by atoms with Gasteiger partial charge in [0.1, 0.15) is 6.61 Å². The van der Waals surface area contributed by atoms with Gasteiger partial charge in [-0.15, -0.1) is 0 Å². The second kappa shape index (κ2) is 6.91. The molecule has 122 valence electrons. The largest absolute Gasteiger partial charge is 0.472 e. The van der Waals surface area contributed by atoms with Gasteiger partial charge in [-0.1, -0.05) is 66.2 Å². The number of ether oxygens (including phenoxy) is 1. The number of hydrogen-bond acceptors (Lipinski definition) is 3. The van der Waals surface area contributed by atoms with Crippen molar-refractivity contribution in [2.75, 3.05) is 0 Å². The van der Waals surface area contributed by atoms with Gasteiger partial charge in [-0.25, -0.2) is 4.98 Å². The number of aromatic nitrogens is 2. The lowest BCUT2D eigenvalue weighted by atomic mass is 10.2. The number of benzene rings is 3. The Balaban J connectivity index is 1.78. The number of hydrogen-bond donors (Lipinski definition) is 0. The van der Waals surface area contributed by atoms with Gasteiger partial charge >= 0.3 is 0 Å². The van der Waals surface area contributed by atoms with E-state index in [-0.39, 0.29) is 0 Å². The Morgan fingerprint density at radius 2 is 1.48 bits per heavy atom. The normalized spacial score (nSPS) is 10.8. The molecule has 1 heterocycles. The molecule has 0 unspecified atom stereocenters. The first-order valence-corrected chi connectivity index (χ1v) is 8.37. The molecule has 0 aliphatic heterocycles. The van der Waals surface area contributed by atoms with Gasteiger partial charge in [-0.05, 0) is 29.8 Å². The average Bonchev–Trinajstić information content (AvgIpc) is 2.67. The van der Waals surface area contributed by atoms with Gasteiger partial charge in [0.25, 0.3) is 0 Å². The van der Waals surface area contributed by atoms with E-state index in [0.29, 0.717) is 23.3 Å². The van der Waals surface area contributed by atoms with Crippen LogP contribution >= 0.6 is 11.6 Å². The van der Waals surface area contributed by atoms with E-state index in [4.69, 9.17) is 16.3 Å². The minimum Gasteiger partial charge on any atom is -0.472 e. The van der Waals surface area contributed by atoms with E-state index in [9.17, 15) is 0 Å². The van der Waals surface area contributed by atoms with Gasteiger partial charge in [0.15, 0.2) is 5.82 Å².